The van der Waals surface area contributed by atoms with Gasteiger partial charge in [0.15, 0.2) is 0 Å². The molecule has 0 bridgehead atoms. The molecule has 1 N–H and O–H groups in total. The summed E-state index contributed by atoms with van der Waals surface area (Å²) >= 11 is 0. The maximum absolute atomic E-state index is 8.90. The Hall–Kier alpha value is -0.590. The standard InChI is InChI=1S/C12H23N3/c1-11-9-15(8-6-14-11)7-4-5-12(2,3)10-13/h11,14H,4-9H2,1-3H3/t11-/m1/s1. The Morgan fingerprint density at radius 3 is 2.87 bits per heavy atom. The van der Waals surface area contributed by atoms with E-state index in [1.807, 2.05) is 13.8 Å². The first-order valence-electron chi connectivity index (χ1n) is 5.90. The Kier molecular flexibility index (Phi) is 4.56. The zero-order valence-corrected chi connectivity index (χ0v) is 10.2. The third-order valence-electron chi connectivity index (χ3n) is 3.03. The third-order valence-corrected chi connectivity index (χ3v) is 3.03. The monoisotopic (exact) mass is 209 g/mol. The van der Waals surface area contributed by atoms with Crippen molar-refractivity contribution >= 4 is 0 Å². The molecule has 0 aromatic heterocycles. The Morgan fingerprint density at radius 1 is 1.53 bits per heavy atom. The van der Waals surface area contributed by atoms with Crippen molar-refractivity contribution in [2.75, 3.05) is 26.2 Å². The van der Waals surface area contributed by atoms with Gasteiger partial charge in [-0.3, -0.25) is 0 Å². The number of nitrogens with one attached hydrogen (secondary N) is 1. The molecule has 1 aliphatic heterocycles. The lowest BCUT2D eigenvalue weighted by Gasteiger charge is -2.32. The van der Waals surface area contributed by atoms with Crippen LogP contribution in [0.3, 0.4) is 0 Å². The first kappa shape index (κ1) is 12.5. The average Bonchev–Trinajstić information content (AvgIpc) is 2.18. The molecule has 1 aliphatic rings. The molecule has 0 saturated carbocycles. The summed E-state index contributed by atoms with van der Waals surface area (Å²) in [5, 5.41) is 12.3. The van der Waals surface area contributed by atoms with E-state index in [4.69, 9.17) is 5.26 Å². The van der Waals surface area contributed by atoms with Crippen molar-refractivity contribution in [3.63, 3.8) is 0 Å². The van der Waals surface area contributed by atoms with E-state index in [0.717, 1.165) is 39.0 Å². The molecule has 1 heterocycles. The van der Waals surface area contributed by atoms with Crippen LogP contribution >= 0.6 is 0 Å². The second kappa shape index (κ2) is 5.48. The molecule has 0 aromatic rings. The van der Waals surface area contributed by atoms with Gasteiger partial charge in [-0.1, -0.05) is 0 Å². The molecule has 1 saturated heterocycles. The maximum Gasteiger partial charge on any atom is 0.0683 e. The summed E-state index contributed by atoms with van der Waals surface area (Å²) in [5.41, 5.74) is -0.153. The van der Waals surface area contributed by atoms with E-state index in [2.05, 4.69) is 23.2 Å². The van der Waals surface area contributed by atoms with Crippen molar-refractivity contribution in [2.24, 2.45) is 5.41 Å². The number of nitrogens with zero attached hydrogens (tertiary/aromatic N) is 2. The van der Waals surface area contributed by atoms with Crippen LogP contribution in [-0.4, -0.2) is 37.1 Å². The van der Waals surface area contributed by atoms with Crippen LogP contribution in [0.1, 0.15) is 33.6 Å². The van der Waals surface area contributed by atoms with E-state index in [1.165, 1.54) is 0 Å². The van der Waals surface area contributed by atoms with Crippen LogP contribution in [-0.2, 0) is 0 Å². The maximum atomic E-state index is 8.90. The first-order valence-corrected chi connectivity index (χ1v) is 5.90. The lowest BCUT2D eigenvalue weighted by molar-refractivity contribution is 0.198. The van der Waals surface area contributed by atoms with E-state index < -0.39 is 0 Å². The molecule has 0 aromatic carbocycles. The number of rotatable bonds is 4. The molecular formula is C12H23N3. The molecule has 0 aliphatic carbocycles. The van der Waals surface area contributed by atoms with Crippen LogP contribution in [0.15, 0.2) is 0 Å². The number of nitriles is 1. The molecular weight excluding hydrogens is 186 g/mol. The first-order chi connectivity index (χ1) is 7.03. The molecule has 3 nitrogen and oxygen atoms in total. The smallest absolute Gasteiger partial charge is 0.0683 e. The van der Waals surface area contributed by atoms with Crippen LogP contribution in [0.2, 0.25) is 0 Å². The van der Waals surface area contributed by atoms with Gasteiger partial charge >= 0.3 is 0 Å². The van der Waals surface area contributed by atoms with Gasteiger partial charge in [-0.05, 0) is 40.2 Å². The summed E-state index contributed by atoms with van der Waals surface area (Å²) in [6, 6.07) is 2.97. The Labute approximate surface area is 93.5 Å². The highest BCUT2D eigenvalue weighted by Crippen LogP contribution is 2.20. The topological polar surface area (TPSA) is 39.1 Å². The van der Waals surface area contributed by atoms with Gasteiger partial charge < -0.3 is 10.2 Å². The van der Waals surface area contributed by atoms with Crippen LogP contribution in [0, 0.1) is 16.7 Å². The highest BCUT2D eigenvalue weighted by Gasteiger charge is 2.18. The van der Waals surface area contributed by atoms with Gasteiger partial charge in [0.2, 0.25) is 0 Å². The van der Waals surface area contributed by atoms with E-state index >= 15 is 0 Å². The summed E-state index contributed by atoms with van der Waals surface area (Å²) in [5.74, 6) is 0. The summed E-state index contributed by atoms with van der Waals surface area (Å²) < 4.78 is 0. The summed E-state index contributed by atoms with van der Waals surface area (Å²) in [6.45, 7) is 10.8. The lowest BCUT2D eigenvalue weighted by Crippen LogP contribution is -2.49. The molecule has 1 rings (SSSR count). The molecule has 1 atom stereocenters. The summed E-state index contributed by atoms with van der Waals surface area (Å²) in [7, 11) is 0. The lowest BCUT2D eigenvalue weighted by atomic mass is 9.90. The molecule has 0 radical (unpaired) electrons. The summed E-state index contributed by atoms with van der Waals surface area (Å²) in [4.78, 5) is 2.49. The molecule has 0 spiro atoms. The highest BCUT2D eigenvalue weighted by molar-refractivity contribution is 4.91. The highest BCUT2D eigenvalue weighted by atomic mass is 15.2. The zero-order chi connectivity index (χ0) is 11.3. The SMILES string of the molecule is C[C@@H]1CN(CCCC(C)(C)C#N)CCN1. The van der Waals surface area contributed by atoms with Crippen LogP contribution in [0.25, 0.3) is 0 Å². The molecule has 0 unspecified atom stereocenters. The Morgan fingerprint density at radius 2 is 2.27 bits per heavy atom. The minimum atomic E-state index is -0.153. The van der Waals surface area contributed by atoms with Crippen LogP contribution < -0.4 is 5.32 Å². The Balaban J connectivity index is 2.18. The fourth-order valence-corrected chi connectivity index (χ4v) is 2.02. The zero-order valence-electron chi connectivity index (χ0n) is 10.2. The van der Waals surface area contributed by atoms with Gasteiger partial charge in [-0.25, -0.2) is 0 Å². The molecule has 86 valence electrons. The van der Waals surface area contributed by atoms with E-state index in [0.29, 0.717) is 6.04 Å². The largest absolute Gasteiger partial charge is 0.312 e. The fourth-order valence-electron chi connectivity index (χ4n) is 2.02. The van der Waals surface area contributed by atoms with Crippen molar-refractivity contribution in [1.29, 1.82) is 5.26 Å². The summed E-state index contributed by atoms with van der Waals surface area (Å²) in [6.07, 6.45) is 2.13. The second-order valence-corrected chi connectivity index (χ2v) is 5.26. The van der Waals surface area contributed by atoms with Crippen molar-refractivity contribution < 1.29 is 0 Å². The van der Waals surface area contributed by atoms with Crippen LogP contribution in [0.4, 0.5) is 0 Å². The normalized spacial score (nSPS) is 23.7. The van der Waals surface area contributed by atoms with Gasteiger partial charge in [-0.15, -0.1) is 0 Å². The van der Waals surface area contributed by atoms with Crippen molar-refractivity contribution in [1.82, 2.24) is 10.2 Å². The fraction of sp³-hybridized carbons (Fsp3) is 0.917. The number of hydrogen-bond donors (Lipinski definition) is 1. The molecule has 0 amide bonds. The van der Waals surface area contributed by atoms with Gasteiger partial charge in [0.25, 0.3) is 0 Å². The van der Waals surface area contributed by atoms with Crippen molar-refractivity contribution in [3.8, 4) is 6.07 Å². The Bertz CT molecular complexity index is 230. The van der Waals surface area contributed by atoms with Gasteiger partial charge in [-0.2, -0.15) is 5.26 Å². The minimum Gasteiger partial charge on any atom is -0.312 e. The number of hydrogen-bond acceptors (Lipinski definition) is 3. The van der Waals surface area contributed by atoms with E-state index in [-0.39, 0.29) is 5.41 Å². The quantitative estimate of drug-likeness (QED) is 0.764. The molecule has 15 heavy (non-hydrogen) atoms. The van der Waals surface area contributed by atoms with Gasteiger partial charge in [0.05, 0.1) is 11.5 Å². The third kappa shape index (κ3) is 4.63. The molecule has 3 heteroatoms. The minimum absolute atomic E-state index is 0.153. The van der Waals surface area contributed by atoms with Crippen LogP contribution in [0.5, 0.6) is 0 Å². The molecule has 1 fully saturated rings. The predicted molar refractivity (Wildman–Crippen MR) is 62.5 cm³/mol. The second-order valence-electron chi connectivity index (χ2n) is 5.26. The van der Waals surface area contributed by atoms with Gasteiger partial charge in [0, 0.05) is 25.7 Å². The van der Waals surface area contributed by atoms with E-state index in [1.54, 1.807) is 0 Å². The average molecular weight is 209 g/mol. The van der Waals surface area contributed by atoms with Crippen molar-refractivity contribution in [2.45, 2.75) is 39.7 Å². The predicted octanol–water partition coefficient (Wildman–Crippen LogP) is 1.61. The van der Waals surface area contributed by atoms with Crippen molar-refractivity contribution in [3.05, 3.63) is 0 Å². The van der Waals surface area contributed by atoms with Gasteiger partial charge in [0.1, 0.15) is 0 Å². The number of piperazine rings is 1. The van der Waals surface area contributed by atoms with E-state index in [9.17, 15) is 0 Å².